The van der Waals surface area contributed by atoms with Crippen molar-refractivity contribution in [2.45, 2.75) is 18.9 Å². The Morgan fingerprint density at radius 2 is 1.68 bits per heavy atom. The molecule has 8 heteroatoms. The first kappa shape index (κ1) is 24.2. The first-order valence-corrected chi connectivity index (χ1v) is 13.0. The number of hydrogen-bond acceptors (Lipinski definition) is 6. The summed E-state index contributed by atoms with van der Waals surface area (Å²) in [6, 6.07) is 17.9. The summed E-state index contributed by atoms with van der Waals surface area (Å²) in [4.78, 5) is 19.5. The SMILES string of the molecule is COc1cc(/C=c2/sc3n(c2=O)[C@@H](c2ccc(F)cc2)C2=C(N=3)c3ccccc3CC2)cc(OC)c1OC. The summed E-state index contributed by atoms with van der Waals surface area (Å²) in [5, 5.41) is 0. The molecule has 0 bridgehead atoms. The molecular formula is C30H25FN2O4S. The van der Waals surface area contributed by atoms with Gasteiger partial charge in [-0.2, -0.15) is 0 Å². The molecule has 4 aromatic rings. The van der Waals surface area contributed by atoms with E-state index in [0.717, 1.165) is 40.8 Å². The number of aryl methyl sites for hydroxylation is 1. The van der Waals surface area contributed by atoms with E-state index in [1.165, 1.54) is 29.0 Å². The number of fused-ring (bicyclic) bond motifs is 3. The normalized spacial score (nSPS) is 16.3. The third-order valence-electron chi connectivity index (χ3n) is 7.04. The smallest absolute Gasteiger partial charge is 0.271 e. The number of hydrogen-bond donors (Lipinski definition) is 0. The van der Waals surface area contributed by atoms with Crippen LogP contribution in [0.25, 0.3) is 11.8 Å². The second kappa shape index (κ2) is 9.61. The topological polar surface area (TPSA) is 62.1 Å². The zero-order valence-electron chi connectivity index (χ0n) is 21.2. The Morgan fingerprint density at radius 1 is 0.974 bits per heavy atom. The van der Waals surface area contributed by atoms with E-state index < -0.39 is 0 Å². The molecule has 6 rings (SSSR count). The number of halogens is 1. The van der Waals surface area contributed by atoms with Crippen molar-refractivity contribution < 1.29 is 18.6 Å². The van der Waals surface area contributed by atoms with Crippen molar-refractivity contribution in [2.75, 3.05) is 21.3 Å². The lowest BCUT2D eigenvalue weighted by atomic mass is 9.83. The molecule has 0 spiro atoms. The molecule has 6 nitrogen and oxygen atoms in total. The molecule has 0 N–H and O–H groups in total. The minimum absolute atomic E-state index is 0.151. The van der Waals surface area contributed by atoms with Crippen LogP contribution in [0.15, 0.2) is 76.0 Å². The van der Waals surface area contributed by atoms with Crippen LogP contribution in [0.1, 0.15) is 34.7 Å². The molecule has 1 aliphatic heterocycles. The summed E-state index contributed by atoms with van der Waals surface area (Å²) < 4.78 is 32.5. The van der Waals surface area contributed by atoms with Gasteiger partial charge >= 0.3 is 0 Å². The Balaban J connectivity index is 1.59. The number of methoxy groups -OCH3 is 3. The molecule has 38 heavy (non-hydrogen) atoms. The van der Waals surface area contributed by atoms with Gasteiger partial charge in [0.05, 0.1) is 37.6 Å². The van der Waals surface area contributed by atoms with Gasteiger partial charge in [0.2, 0.25) is 5.75 Å². The van der Waals surface area contributed by atoms with Crippen molar-refractivity contribution in [3.63, 3.8) is 0 Å². The van der Waals surface area contributed by atoms with E-state index in [1.807, 2.05) is 18.2 Å². The number of thiazole rings is 1. The fraction of sp³-hybridized carbons (Fsp3) is 0.200. The van der Waals surface area contributed by atoms with E-state index in [0.29, 0.717) is 26.6 Å². The van der Waals surface area contributed by atoms with Gasteiger partial charge in [-0.3, -0.25) is 9.36 Å². The van der Waals surface area contributed by atoms with Crippen molar-refractivity contribution in [2.24, 2.45) is 4.99 Å². The maximum absolute atomic E-state index is 13.9. The molecule has 1 atom stereocenters. The van der Waals surface area contributed by atoms with E-state index in [-0.39, 0.29) is 17.4 Å². The van der Waals surface area contributed by atoms with E-state index in [4.69, 9.17) is 19.2 Å². The number of allylic oxidation sites excluding steroid dienone is 1. The van der Waals surface area contributed by atoms with Crippen LogP contribution in [-0.2, 0) is 6.42 Å². The van der Waals surface area contributed by atoms with Crippen molar-refractivity contribution in [3.8, 4) is 17.2 Å². The van der Waals surface area contributed by atoms with Crippen LogP contribution in [0.4, 0.5) is 4.39 Å². The fourth-order valence-electron chi connectivity index (χ4n) is 5.30. The molecule has 1 aliphatic carbocycles. The molecule has 3 aromatic carbocycles. The van der Waals surface area contributed by atoms with E-state index in [1.54, 1.807) is 50.2 Å². The third-order valence-corrected chi connectivity index (χ3v) is 8.03. The van der Waals surface area contributed by atoms with Crippen LogP contribution in [0.2, 0.25) is 0 Å². The van der Waals surface area contributed by atoms with Crippen LogP contribution in [0.3, 0.4) is 0 Å². The third kappa shape index (κ3) is 3.92. The summed E-state index contributed by atoms with van der Waals surface area (Å²) in [5.41, 5.74) is 5.74. The second-order valence-electron chi connectivity index (χ2n) is 9.12. The lowest BCUT2D eigenvalue weighted by molar-refractivity contribution is 0.324. The lowest BCUT2D eigenvalue weighted by Gasteiger charge is -2.30. The van der Waals surface area contributed by atoms with Gasteiger partial charge < -0.3 is 14.2 Å². The molecule has 0 fully saturated rings. The van der Waals surface area contributed by atoms with Gasteiger partial charge in [-0.15, -0.1) is 0 Å². The van der Waals surface area contributed by atoms with Gasteiger partial charge in [-0.1, -0.05) is 47.7 Å². The van der Waals surface area contributed by atoms with Gasteiger partial charge in [0.1, 0.15) is 5.82 Å². The Labute approximate surface area is 222 Å². The highest BCUT2D eigenvalue weighted by Crippen LogP contribution is 2.41. The Morgan fingerprint density at radius 3 is 2.37 bits per heavy atom. The molecule has 192 valence electrons. The maximum atomic E-state index is 13.9. The molecule has 0 saturated carbocycles. The van der Waals surface area contributed by atoms with Gasteiger partial charge in [0.25, 0.3) is 5.56 Å². The number of aromatic nitrogens is 1. The van der Waals surface area contributed by atoms with Crippen molar-refractivity contribution >= 4 is 23.1 Å². The minimum Gasteiger partial charge on any atom is -0.493 e. The molecule has 0 amide bonds. The number of nitrogens with zero attached hydrogens (tertiary/aromatic N) is 2. The minimum atomic E-state index is -0.364. The summed E-state index contributed by atoms with van der Waals surface area (Å²) in [6.45, 7) is 0. The van der Waals surface area contributed by atoms with Crippen LogP contribution >= 0.6 is 11.3 Å². The lowest BCUT2D eigenvalue weighted by Crippen LogP contribution is -2.38. The van der Waals surface area contributed by atoms with Gasteiger partial charge in [0.15, 0.2) is 16.3 Å². The quantitative estimate of drug-likeness (QED) is 0.383. The van der Waals surface area contributed by atoms with E-state index in [2.05, 4.69) is 12.1 Å². The first-order chi connectivity index (χ1) is 18.5. The summed E-state index contributed by atoms with van der Waals surface area (Å²) in [5.74, 6) is 1.17. The average molecular weight is 529 g/mol. The zero-order valence-corrected chi connectivity index (χ0v) is 22.0. The molecular weight excluding hydrogens is 503 g/mol. The Hall–Kier alpha value is -4.17. The van der Waals surface area contributed by atoms with E-state index >= 15 is 0 Å². The fourth-order valence-corrected chi connectivity index (χ4v) is 6.30. The summed E-state index contributed by atoms with van der Waals surface area (Å²) >= 11 is 1.33. The van der Waals surface area contributed by atoms with Crippen LogP contribution < -0.4 is 29.1 Å². The Kier molecular flexibility index (Phi) is 6.12. The van der Waals surface area contributed by atoms with Gasteiger partial charge in [-0.05, 0) is 65.4 Å². The van der Waals surface area contributed by atoms with Crippen molar-refractivity contribution in [3.05, 3.63) is 114 Å². The highest BCUT2D eigenvalue weighted by Gasteiger charge is 2.32. The molecule has 0 saturated heterocycles. The van der Waals surface area contributed by atoms with Crippen molar-refractivity contribution in [1.29, 1.82) is 0 Å². The molecule has 2 aliphatic rings. The molecule has 1 aromatic heterocycles. The molecule has 2 heterocycles. The summed E-state index contributed by atoms with van der Waals surface area (Å²) in [7, 11) is 4.66. The number of ether oxygens (including phenoxy) is 3. The monoisotopic (exact) mass is 528 g/mol. The second-order valence-corrected chi connectivity index (χ2v) is 10.1. The highest BCUT2D eigenvalue weighted by atomic mass is 32.1. The zero-order chi connectivity index (χ0) is 26.4. The predicted molar refractivity (Wildman–Crippen MR) is 145 cm³/mol. The van der Waals surface area contributed by atoms with Gasteiger partial charge in [-0.25, -0.2) is 9.38 Å². The molecule has 0 radical (unpaired) electrons. The first-order valence-electron chi connectivity index (χ1n) is 12.2. The standard InChI is InChI=1S/C30H25FN2O4S/c1-35-23-14-17(15-24(36-2)28(23)37-3)16-25-29(34)33-27(19-8-11-20(31)12-9-19)22-13-10-18-6-4-5-7-21(18)26(22)32-30(33)38-25/h4-9,11-12,14-16,27H,10,13H2,1-3H3/b25-16+/t27-/m0/s1. The van der Waals surface area contributed by atoms with Crippen LogP contribution in [-0.4, -0.2) is 25.9 Å². The predicted octanol–water partition coefficient (Wildman–Crippen LogP) is 4.48. The maximum Gasteiger partial charge on any atom is 0.271 e. The highest BCUT2D eigenvalue weighted by molar-refractivity contribution is 7.07. The molecule has 0 unspecified atom stereocenters. The largest absolute Gasteiger partial charge is 0.493 e. The van der Waals surface area contributed by atoms with Crippen molar-refractivity contribution in [1.82, 2.24) is 4.57 Å². The van der Waals surface area contributed by atoms with Crippen LogP contribution in [0.5, 0.6) is 17.2 Å². The number of benzene rings is 3. The number of rotatable bonds is 5. The average Bonchev–Trinajstić information content (AvgIpc) is 3.25. The van der Waals surface area contributed by atoms with Crippen LogP contribution in [0, 0.1) is 5.82 Å². The Bertz CT molecular complexity index is 1740. The van der Waals surface area contributed by atoms with Gasteiger partial charge in [0, 0.05) is 5.56 Å². The van der Waals surface area contributed by atoms with E-state index in [9.17, 15) is 9.18 Å². The summed E-state index contributed by atoms with van der Waals surface area (Å²) in [6.07, 6.45) is 3.44.